The molecule has 0 saturated carbocycles. The molecule has 0 atom stereocenters. The van der Waals surface area contributed by atoms with Crippen LogP contribution in [0.3, 0.4) is 0 Å². The highest BCUT2D eigenvalue weighted by atomic mass is 35.5. The maximum atomic E-state index is 12.6. The second-order valence-corrected chi connectivity index (χ2v) is 5.94. The first-order valence-corrected chi connectivity index (χ1v) is 8.63. The van der Waals surface area contributed by atoms with Crippen LogP contribution in [0.5, 0.6) is 0 Å². The first kappa shape index (κ1) is 21.6. The number of hydrogen-bond donors (Lipinski definition) is 2. The minimum atomic E-state index is -4.42. The second kappa shape index (κ2) is 10.0. The van der Waals surface area contributed by atoms with E-state index < -0.39 is 17.6 Å². The number of carbonyl (C=O) groups is 1. The van der Waals surface area contributed by atoms with Crippen molar-refractivity contribution in [2.45, 2.75) is 19.6 Å². The largest absolute Gasteiger partial charge is 0.416 e. The van der Waals surface area contributed by atoms with Crippen molar-refractivity contribution in [3.05, 3.63) is 58.9 Å². The molecular formula is C18H18ClF3N4O2. The number of halogens is 4. The lowest BCUT2D eigenvalue weighted by Gasteiger charge is -2.10. The molecule has 0 fully saturated rings. The van der Waals surface area contributed by atoms with Crippen molar-refractivity contribution < 1.29 is 22.7 Å². The molecule has 0 aliphatic heterocycles. The van der Waals surface area contributed by atoms with Gasteiger partial charge in [0.15, 0.2) is 5.71 Å². The standard InChI is InChI=1S/C18H18ClF3N4O2/c1-2-28-11-15(17(27)24-10-12-3-8-16(19)23-9-12)26-25-14-6-4-13(5-7-14)18(20,21)22/h3-9,25H,2,10-11H2,1H3,(H,24,27). The number of hydrogen-bond acceptors (Lipinski definition) is 5. The Labute approximate surface area is 164 Å². The van der Waals surface area contributed by atoms with Crippen molar-refractivity contribution in [2.75, 3.05) is 18.6 Å². The average Bonchev–Trinajstić information content (AvgIpc) is 2.67. The molecule has 0 aliphatic carbocycles. The highest BCUT2D eigenvalue weighted by Gasteiger charge is 2.29. The molecule has 2 rings (SSSR count). The molecule has 1 amide bonds. The zero-order valence-corrected chi connectivity index (χ0v) is 15.6. The van der Waals surface area contributed by atoms with Gasteiger partial charge in [-0.15, -0.1) is 0 Å². The molecule has 0 spiro atoms. The van der Waals surface area contributed by atoms with Gasteiger partial charge in [-0.3, -0.25) is 10.2 Å². The fourth-order valence-electron chi connectivity index (χ4n) is 2.01. The number of pyridine rings is 1. The van der Waals surface area contributed by atoms with Crippen LogP contribution >= 0.6 is 11.6 Å². The molecule has 2 N–H and O–H groups in total. The summed E-state index contributed by atoms with van der Waals surface area (Å²) in [5, 5.41) is 6.97. The second-order valence-electron chi connectivity index (χ2n) is 5.55. The monoisotopic (exact) mass is 414 g/mol. The summed E-state index contributed by atoms with van der Waals surface area (Å²) in [6.07, 6.45) is -2.89. The SMILES string of the molecule is CCOCC(=NNc1ccc(C(F)(F)F)cc1)C(=O)NCc1ccc(Cl)nc1. The Balaban J connectivity index is 2.02. The first-order chi connectivity index (χ1) is 13.3. The average molecular weight is 415 g/mol. The van der Waals surface area contributed by atoms with Gasteiger partial charge in [0, 0.05) is 19.3 Å². The van der Waals surface area contributed by atoms with Crippen molar-refractivity contribution in [2.24, 2.45) is 5.10 Å². The molecule has 1 heterocycles. The Hall–Kier alpha value is -2.65. The lowest BCUT2D eigenvalue weighted by atomic mass is 10.2. The summed E-state index contributed by atoms with van der Waals surface area (Å²) in [5.41, 5.74) is 2.88. The van der Waals surface area contributed by atoms with E-state index in [1.165, 1.54) is 18.3 Å². The number of nitrogens with one attached hydrogen (secondary N) is 2. The van der Waals surface area contributed by atoms with Gasteiger partial charge >= 0.3 is 6.18 Å². The summed E-state index contributed by atoms with van der Waals surface area (Å²) < 4.78 is 43.0. The summed E-state index contributed by atoms with van der Waals surface area (Å²) in [6, 6.07) is 7.62. The highest BCUT2D eigenvalue weighted by molar-refractivity contribution is 6.39. The summed E-state index contributed by atoms with van der Waals surface area (Å²) in [7, 11) is 0. The zero-order chi connectivity index (χ0) is 20.6. The van der Waals surface area contributed by atoms with E-state index in [4.69, 9.17) is 16.3 Å². The van der Waals surface area contributed by atoms with Gasteiger partial charge in [-0.05, 0) is 42.8 Å². The van der Waals surface area contributed by atoms with Gasteiger partial charge in [-0.1, -0.05) is 17.7 Å². The molecule has 6 nitrogen and oxygen atoms in total. The third kappa shape index (κ3) is 6.82. The van der Waals surface area contributed by atoms with Gasteiger partial charge in [0.2, 0.25) is 0 Å². The highest BCUT2D eigenvalue weighted by Crippen LogP contribution is 2.29. The molecule has 0 radical (unpaired) electrons. The van der Waals surface area contributed by atoms with Crippen LogP contribution in [-0.4, -0.2) is 29.8 Å². The molecular weight excluding hydrogens is 397 g/mol. The minimum absolute atomic E-state index is 0.0451. The smallest absolute Gasteiger partial charge is 0.375 e. The normalized spacial score (nSPS) is 12.0. The molecule has 1 aromatic heterocycles. The van der Waals surface area contributed by atoms with Crippen LogP contribution in [0.25, 0.3) is 0 Å². The zero-order valence-electron chi connectivity index (χ0n) is 14.9. The Morgan fingerprint density at radius 3 is 2.50 bits per heavy atom. The van der Waals surface area contributed by atoms with Gasteiger partial charge in [-0.25, -0.2) is 4.98 Å². The number of carbonyl (C=O) groups excluding carboxylic acids is 1. The summed E-state index contributed by atoms with van der Waals surface area (Å²) in [6.45, 7) is 2.27. The lowest BCUT2D eigenvalue weighted by molar-refractivity contribution is -0.137. The van der Waals surface area contributed by atoms with E-state index in [9.17, 15) is 18.0 Å². The molecule has 1 aromatic carbocycles. The quantitative estimate of drug-likeness (QED) is 0.390. The fourth-order valence-corrected chi connectivity index (χ4v) is 2.12. The van der Waals surface area contributed by atoms with Crippen LogP contribution in [0, 0.1) is 0 Å². The van der Waals surface area contributed by atoms with Crippen molar-refractivity contribution in [3.8, 4) is 0 Å². The first-order valence-electron chi connectivity index (χ1n) is 8.25. The Morgan fingerprint density at radius 1 is 1.21 bits per heavy atom. The Bertz CT molecular complexity index is 809. The van der Waals surface area contributed by atoms with Gasteiger partial charge in [0.25, 0.3) is 5.91 Å². The number of alkyl halides is 3. The predicted molar refractivity (Wildman–Crippen MR) is 100 cm³/mol. The maximum absolute atomic E-state index is 12.6. The van der Waals surface area contributed by atoms with Crippen molar-refractivity contribution in [3.63, 3.8) is 0 Å². The Morgan fingerprint density at radius 2 is 1.93 bits per heavy atom. The van der Waals surface area contributed by atoms with E-state index in [0.717, 1.165) is 17.7 Å². The number of aromatic nitrogens is 1. The molecule has 150 valence electrons. The number of benzene rings is 1. The van der Waals surface area contributed by atoms with E-state index >= 15 is 0 Å². The number of hydrazone groups is 1. The van der Waals surface area contributed by atoms with Crippen LogP contribution in [0.4, 0.5) is 18.9 Å². The number of nitrogens with zero attached hydrogens (tertiary/aromatic N) is 2. The summed E-state index contributed by atoms with van der Waals surface area (Å²) in [4.78, 5) is 16.3. The number of ether oxygens (including phenoxy) is 1. The fraction of sp³-hybridized carbons (Fsp3) is 0.278. The van der Waals surface area contributed by atoms with Gasteiger partial charge in [0.1, 0.15) is 5.15 Å². The van der Waals surface area contributed by atoms with Crippen molar-refractivity contribution >= 4 is 28.9 Å². The molecule has 0 aliphatic rings. The molecule has 28 heavy (non-hydrogen) atoms. The van der Waals surface area contributed by atoms with Crippen molar-refractivity contribution in [1.29, 1.82) is 0 Å². The Kier molecular flexibility index (Phi) is 7.77. The number of amides is 1. The van der Waals surface area contributed by atoms with Crippen LogP contribution in [-0.2, 0) is 22.3 Å². The summed E-state index contributed by atoms with van der Waals surface area (Å²) >= 11 is 5.71. The third-order valence-corrected chi connectivity index (χ3v) is 3.70. The van der Waals surface area contributed by atoms with Crippen LogP contribution in [0.2, 0.25) is 5.15 Å². The van der Waals surface area contributed by atoms with Gasteiger partial charge < -0.3 is 10.1 Å². The topological polar surface area (TPSA) is 75.6 Å². The lowest BCUT2D eigenvalue weighted by Crippen LogP contribution is -2.34. The van der Waals surface area contributed by atoms with Gasteiger partial charge in [-0.2, -0.15) is 18.3 Å². The van der Waals surface area contributed by atoms with Gasteiger partial charge in [0.05, 0.1) is 17.9 Å². The van der Waals surface area contributed by atoms with E-state index in [0.29, 0.717) is 17.4 Å². The van der Waals surface area contributed by atoms with E-state index in [-0.39, 0.29) is 18.9 Å². The molecule has 0 unspecified atom stereocenters. The number of anilines is 1. The van der Waals surface area contributed by atoms with Crippen LogP contribution in [0.15, 0.2) is 47.7 Å². The van der Waals surface area contributed by atoms with E-state index in [2.05, 4.69) is 20.8 Å². The summed E-state index contributed by atoms with van der Waals surface area (Å²) in [5.74, 6) is -0.484. The molecule has 0 saturated heterocycles. The maximum Gasteiger partial charge on any atom is 0.416 e. The van der Waals surface area contributed by atoms with Crippen molar-refractivity contribution in [1.82, 2.24) is 10.3 Å². The number of rotatable bonds is 8. The van der Waals surface area contributed by atoms with E-state index in [1.54, 1.807) is 19.1 Å². The molecule has 2 aromatic rings. The van der Waals surface area contributed by atoms with Crippen LogP contribution in [0.1, 0.15) is 18.1 Å². The van der Waals surface area contributed by atoms with Crippen LogP contribution < -0.4 is 10.7 Å². The molecule has 0 bridgehead atoms. The minimum Gasteiger partial charge on any atom is -0.375 e. The molecule has 10 heteroatoms. The predicted octanol–water partition coefficient (Wildman–Crippen LogP) is 3.87. The third-order valence-electron chi connectivity index (χ3n) is 3.48. The van der Waals surface area contributed by atoms with E-state index in [1.807, 2.05) is 0 Å².